The van der Waals surface area contributed by atoms with Crippen LogP contribution in [0.5, 0.6) is 5.75 Å². The van der Waals surface area contributed by atoms with E-state index in [0.717, 1.165) is 10.9 Å². The molecule has 0 aliphatic rings. The Morgan fingerprint density at radius 1 is 1.25 bits per heavy atom. The zero-order valence-corrected chi connectivity index (χ0v) is 13.3. The smallest absolute Gasteiger partial charge is 0.336 e. The molecule has 6 heteroatoms. The van der Waals surface area contributed by atoms with E-state index in [1.54, 1.807) is 37.4 Å². The van der Waals surface area contributed by atoms with Crippen LogP contribution in [0.3, 0.4) is 0 Å². The second kappa shape index (κ2) is 6.54. The Morgan fingerprint density at radius 3 is 2.83 bits per heavy atom. The van der Waals surface area contributed by atoms with Crippen LogP contribution in [-0.2, 0) is 4.79 Å². The number of benzene rings is 1. The van der Waals surface area contributed by atoms with Crippen LogP contribution >= 0.6 is 0 Å². The average molecular weight is 324 g/mol. The molecule has 0 fully saturated rings. The molecule has 2 aromatic heterocycles. The summed E-state index contributed by atoms with van der Waals surface area (Å²) >= 11 is 0. The number of carbonyl (C=O) groups excluding carboxylic acids is 1. The highest BCUT2D eigenvalue weighted by molar-refractivity contribution is 5.91. The SMILES string of the molecule is Cc1cc(=O)oc2c(C)c(OCC(=O)Nc3ccccn3)ccc12. The number of rotatable bonds is 4. The van der Waals surface area contributed by atoms with Gasteiger partial charge in [-0.3, -0.25) is 4.79 Å². The Morgan fingerprint density at radius 2 is 2.08 bits per heavy atom. The van der Waals surface area contributed by atoms with Crippen molar-refractivity contribution >= 4 is 22.7 Å². The molecule has 0 radical (unpaired) electrons. The summed E-state index contributed by atoms with van der Waals surface area (Å²) in [4.78, 5) is 27.5. The van der Waals surface area contributed by atoms with E-state index in [0.29, 0.717) is 22.7 Å². The van der Waals surface area contributed by atoms with Crippen LogP contribution in [0.25, 0.3) is 11.0 Å². The van der Waals surface area contributed by atoms with Crippen molar-refractivity contribution in [1.82, 2.24) is 4.98 Å². The Kier molecular flexibility index (Phi) is 4.29. The highest BCUT2D eigenvalue weighted by Crippen LogP contribution is 2.28. The summed E-state index contributed by atoms with van der Waals surface area (Å²) in [6.07, 6.45) is 1.59. The number of carbonyl (C=O) groups is 1. The van der Waals surface area contributed by atoms with Crippen LogP contribution in [0, 0.1) is 13.8 Å². The minimum atomic E-state index is -0.409. The van der Waals surface area contributed by atoms with Gasteiger partial charge in [0.25, 0.3) is 5.91 Å². The maximum Gasteiger partial charge on any atom is 0.336 e. The number of anilines is 1. The van der Waals surface area contributed by atoms with E-state index in [1.165, 1.54) is 6.07 Å². The predicted molar refractivity (Wildman–Crippen MR) is 90.3 cm³/mol. The van der Waals surface area contributed by atoms with Gasteiger partial charge in [0.1, 0.15) is 17.2 Å². The summed E-state index contributed by atoms with van der Waals surface area (Å²) in [5, 5.41) is 3.48. The number of hydrogen-bond donors (Lipinski definition) is 1. The second-order valence-electron chi connectivity index (χ2n) is 5.37. The van der Waals surface area contributed by atoms with Crippen LogP contribution in [-0.4, -0.2) is 17.5 Å². The van der Waals surface area contributed by atoms with Crippen LogP contribution in [0.4, 0.5) is 5.82 Å². The van der Waals surface area contributed by atoms with Crippen molar-refractivity contribution in [2.75, 3.05) is 11.9 Å². The molecular weight excluding hydrogens is 308 g/mol. The molecule has 1 aromatic carbocycles. The van der Waals surface area contributed by atoms with Crippen LogP contribution in [0.2, 0.25) is 0 Å². The van der Waals surface area contributed by atoms with Gasteiger partial charge in [-0.15, -0.1) is 0 Å². The van der Waals surface area contributed by atoms with Gasteiger partial charge in [-0.1, -0.05) is 6.07 Å². The van der Waals surface area contributed by atoms with Crippen molar-refractivity contribution in [3.05, 3.63) is 64.1 Å². The average Bonchev–Trinajstić information content (AvgIpc) is 2.56. The van der Waals surface area contributed by atoms with Gasteiger partial charge in [-0.05, 0) is 43.7 Å². The summed E-state index contributed by atoms with van der Waals surface area (Å²) in [6, 6.07) is 10.3. The molecule has 0 atom stereocenters. The molecule has 0 saturated carbocycles. The summed E-state index contributed by atoms with van der Waals surface area (Å²) < 4.78 is 10.8. The number of nitrogens with one attached hydrogen (secondary N) is 1. The fourth-order valence-corrected chi connectivity index (χ4v) is 2.42. The molecule has 3 aromatic rings. The molecule has 1 N–H and O–H groups in total. The molecule has 6 nitrogen and oxygen atoms in total. The Labute approximate surface area is 138 Å². The minimum Gasteiger partial charge on any atom is -0.483 e. The first-order chi connectivity index (χ1) is 11.5. The Hall–Kier alpha value is -3.15. The van der Waals surface area contributed by atoms with Crippen LogP contribution < -0.4 is 15.7 Å². The summed E-state index contributed by atoms with van der Waals surface area (Å²) in [5.41, 5.74) is 1.58. The molecule has 122 valence electrons. The molecule has 3 rings (SSSR count). The van der Waals surface area contributed by atoms with Crippen molar-refractivity contribution in [1.29, 1.82) is 0 Å². The summed E-state index contributed by atoms with van der Waals surface area (Å²) in [6.45, 7) is 3.47. The minimum absolute atomic E-state index is 0.168. The predicted octanol–water partition coefficient (Wildman–Crippen LogP) is 2.82. The first kappa shape index (κ1) is 15.7. The zero-order valence-electron chi connectivity index (χ0n) is 13.3. The van der Waals surface area contributed by atoms with Gasteiger partial charge >= 0.3 is 5.63 Å². The van der Waals surface area contributed by atoms with Crippen molar-refractivity contribution < 1.29 is 13.9 Å². The van der Waals surface area contributed by atoms with Gasteiger partial charge in [0.05, 0.1) is 0 Å². The first-order valence-electron chi connectivity index (χ1n) is 7.42. The van der Waals surface area contributed by atoms with Gasteiger partial charge in [-0.2, -0.15) is 0 Å². The third kappa shape index (κ3) is 3.27. The molecule has 2 heterocycles. The fraction of sp³-hybridized carbons (Fsp3) is 0.167. The van der Waals surface area contributed by atoms with E-state index in [-0.39, 0.29) is 12.5 Å². The van der Waals surface area contributed by atoms with Crippen molar-refractivity contribution in [2.45, 2.75) is 13.8 Å². The lowest BCUT2D eigenvalue weighted by Gasteiger charge is -2.11. The topological polar surface area (TPSA) is 81.4 Å². The second-order valence-corrected chi connectivity index (χ2v) is 5.37. The molecule has 0 saturated heterocycles. The van der Waals surface area contributed by atoms with Crippen LogP contribution in [0.1, 0.15) is 11.1 Å². The summed E-state index contributed by atoms with van der Waals surface area (Å²) in [7, 11) is 0. The fourth-order valence-electron chi connectivity index (χ4n) is 2.42. The molecule has 0 aliphatic carbocycles. The number of aryl methyl sites for hydroxylation is 2. The number of aromatic nitrogens is 1. The number of pyridine rings is 1. The van der Waals surface area contributed by atoms with Crippen molar-refractivity contribution in [2.24, 2.45) is 0 Å². The van der Waals surface area contributed by atoms with Crippen molar-refractivity contribution in [3.63, 3.8) is 0 Å². The number of ether oxygens (including phenoxy) is 1. The number of fused-ring (bicyclic) bond motifs is 1. The monoisotopic (exact) mass is 324 g/mol. The third-order valence-corrected chi connectivity index (χ3v) is 3.61. The normalized spacial score (nSPS) is 10.6. The lowest BCUT2D eigenvalue weighted by atomic mass is 10.1. The number of amides is 1. The van der Waals surface area contributed by atoms with Gasteiger partial charge < -0.3 is 14.5 Å². The lowest BCUT2D eigenvalue weighted by molar-refractivity contribution is -0.118. The van der Waals surface area contributed by atoms with Gasteiger partial charge in [0.2, 0.25) is 0 Å². The largest absolute Gasteiger partial charge is 0.483 e. The maximum absolute atomic E-state index is 11.9. The van der Waals surface area contributed by atoms with Gasteiger partial charge in [-0.25, -0.2) is 9.78 Å². The molecular formula is C18H16N2O4. The Balaban J connectivity index is 1.77. The highest BCUT2D eigenvalue weighted by atomic mass is 16.5. The highest BCUT2D eigenvalue weighted by Gasteiger charge is 2.11. The van der Waals surface area contributed by atoms with E-state index in [1.807, 2.05) is 13.0 Å². The summed E-state index contributed by atoms with van der Waals surface area (Å²) in [5.74, 6) is 0.634. The van der Waals surface area contributed by atoms with E-state index in [9.17, 15) is 9.59 Å². The quantitative estimate of drug-likeness (QED) is 0.746. The van der Waals surface area contributed by atoms with E-state index in [2.05, 4.69) is 10.3 Å². The standard InChI is InChI=1S/C18H16N2O4/c1-11-9-17(22)24-18-12(2)14(7-6-13(11)18)23-10-16(21)20-15-5-3-4-8-19-15/h3-9H,10H2,1-2H3,(H,19,20,21). The molecule has 0 spiro atoms. The van der Waals surface area contributed by atoms with Gasteiger partial charge in [0, 0.05) is 23.2 Å². The molecule has 0 unspecified atom stereocenters. The van der Waals surface area contributed by atoms with Crippen molar-refractivity contribution in [3.8, 4) is 5.75 Å². The molecule has 0 bridgehead atoms. The lowest BCUT2D eigenvalue weighted by Crippen LogP contribution is -2.21. The van der Waals surface area contributed by atoms with E-state index < -0.39 is 5.63 Å². The third-order valence-electron chi connectivity index (χ3n) is 3.61. The molecule has 1 amide bonds. The van der Waals surface area contributed by atoms with E-state index >= 15 is 0 Å². The molecule has 24 heavy (non-hydrogen) atoms. The van der Waals surface area contributed by atoms with E-state index in [4.69, 9.17) is 9.15 Å². The maximum atomic E-state index is 11.9. The van der Waals surface area contributed by atoms with Gasteiger partial charge in [0.15, 0.2) is 6.61 Å². The number of hydrogen-bond acceptors (Lipinski definition) is 5. The Bertz CT molecular complexity index is 948. The number of nitrogens with zero attached hydrogens (tertiary/aromatic N) is 1. The molecule has 0 aliphatic heterocycles. The van der Waals surface area contributed by atoms with Crippen LogP contribution in [0.15, 0.2) is 51.8 Å². The first-order valence-corrected chi connectivity index (χ1v) is 7.42. The zero-order chi connectivity index (χ0) is 17.1.